The van der Waals surface area contributed by atoms with Crippen LogP contribution in [0.5, 0.6) is 5.75 Å². The van der Waals surface area contributed by atoms with Crippen molar-refractivity contribution < 1.29 is 14.3 Å². The van der Waals surface area contributed by atoms with Crippen LogP contribution in [0.4, 0.5) is 0 Å². The summed E-state index contributed by atoms with van der Waals surface area (Å²) in [6.45, 7) is 2.67. The number of aromatic nitrogens is 3. The Labute approximate surface area is 111 Å². The molecule has 6 nitrogen and oxygen atoms in total. The molecule has 0 aliphatic rings. The second-order valence-electron chi connectivity index (χ2n) is 3.86. The largest absolute Gasteiger partial charge is 0.490 e. The van der Waals surface area contributed by atoms with E-state index >= 15 is 0 Å². The van der Waals surface area contributed by atoms with Gasteiger partial charge in [0.05, 0.1) is 31.7 Å². The van der Waals surface area contributed by atoms with Gasteiger partial charge in [-0.2, -0.15) is 5.10 Å². The molecule has 0 N–H and O–H groups in total. The van der Waals surface area contributed by atoms with E-state index in [0.717, 1.165) is 6.42 Å². The molecule has 2 aromatic heterocycles. The van der Waals surface area contributed by atoms with Gasteiger partial charge in [0.2, 0.25) is 0 Å². The second kappa shape index (κ2) is 5.99. The lowest BCUT2D eigenvalue weighted by Crippen LogP contribution is -2.04. The van der Waals surface area contributed by atoms with Crippen molar-refractivity contribution in [3.05, 3.63) is 36.3 Å². The van der Waals surface area contributed by atoms with Crippen molar-refractivity contribution in [2.75, 3.05) is 13.7 Å². The normalized spacial score (nSPS) is 10.2. The molecule has 0 amide bonds. The van der Waals surface area contributed by atoms with Gasteiger partial charge in [0.15, 0.2) is 11.6 Å². The predicted octanol–water partition coefficient (Wildman–Crippen LogP) is 1.84. The Morgan fingerprint density at radius 3 is 3.05 bits per heavy atom. The minimum atomic E-state index is -0.404. The van der Waals surface area contributed by atoms with Crippen molar-refractivity contribution in [3.8, 4) is 11.6 Å². The minimum Gasteiger partial charge on any atom is -0.490 e. The zero-order chi connectivity index (χ0) is 13.7. The fourth-order valence-corrected chi connectivity index (χ4v) is 1.51. The van der Waals surface area contributed by atoms with Crippen LogP contribution in [-0.2, 0) is 4.74 Å². The number of nitrogens with zero attached hydrogens (tertiary/aromatic N) is 3. The zero-order valence-corrected chi connectivity index (χ0v) is 10.9. The Kier molecular flexibility index (Phi) is 4.12. The first-order chi connectivity index (χ1) is 9.24. The van der Waals surface area contributed by atoms with Gasteiger partial charge in [-0.15, -0.1) is 0 Å². The van der Waals surface area contributed by atoms with Crippen LogP contribution in [0.3, 0.4) is 0 Å². The molecular formula is C13H15N3O3. The van der Waals surface area contributed by atoms with Crippen molar-refractivity contribution in [2.24, 2.45) is 0 Å². The number of carbonyl (C=O) groups is 1. The van der Waals surface area contributed by atoms with Crippen LogP contribution in [0.25, 0.3) is 5.82 Å². The molecule has 0 fully saturated rings. The predicted molar refractivity (Wildman–Crippen MR) is 68.5 cm³/mol. The van der Waals surface area contributed by atoms with Gasteiger partial charge in [-0.05, 0) is 18.6 Å². The first-order valence-electron chi connectivity index (χ1n) is 5.96. The number of methoxy groups -OCH3 is 1. The van der Waals surface area contributed by atoms with Crippen molar-refractivity contribution in [2.45, 2.75) is 13.3 Å². The van der Waals surface area contributed by atoms with Crippen LogP contribution in [-0.4, -0.2) is 34.5 Å². The molecule has 0 aromatic carbocycles. The fraction of sp³-hybridized carbons (Fsp3) is 0.308. The minimum absolute atomic E-state index is 0.404. The van der Waals surface area contributed by atoms with E-state index in [-0.39, 0.29) is 0 Å². The van der Waals surface area contributed by atoms with Crippen molar-refractivity contribution in [3.63, 3.8) is 0 Å². The third-order valence-electron chi connectivity index (χ3n) is 2.43. The lowest BCUT2D eigenvalue weighted by Gasteiger charge is -2.03. The number of carbonyl (C=O) groups excluding carboxylic acids is 1. The summed E-state index contributed by atoms with van der Waals surface area (Å²) in [5.41, 5.74) is 0.430. The van der Waals surface area contributed by atoms with Crippen LogP contribution < -0.4 is 4.74 Å². The molecule has 0 aliphatic carbocycles. The van der Waals surface area contributed by atoms with E-state index in [9.17, 15) is 4.79 Å². The first kappa shape index (κ1) is 13.1. The summed E-state index contributed by atoms with van der Waals surface area (Å²) in [7, 11) is 1.34. The topological polar surface area (TPSA) is 66.2 Å². The van der Waals surface area contributed by atoms with Crippen molar-refractivity contribution >= 4 is 5.97 Å². The van der Waals surface area contributed by atoms with E-state index in [2.05, 4.69) is 14.8 Å². The quantitative estimate of drug-likeness (QED) is 0.768. The van der Waals surface area contributed by atoms with Crippen LogP contribution >= 0.6 is 0 Å². The Morgan fingerprint density at radius 2 is 2.32 bits per heavy atom. The Morgan fingerprint density at radius 1 is 1.47 bits per heavy atom. The molecule has 0 aliphatic heterocycles. The number of hydrogen-bond acceptors (Lipinski definition) is 5. The smallest absolute Gasteiger partial charge is 0.338 e. The van der Waals surface area contributed by atoms with Crippen LogP contribution in [0.1, 0.15) is 23.7 Å². The lowest BCUT2D eigenvalue weighted by molar-refractivity contribution is 0.0600. The molecule has 0 saturated carbocycles. The maximum Gasteiger partial charge on any atom is 0.338 e. The summed E-state index contributed by atoms with van der Waals surface area (Å²) in [6.07, 6.45) is 5.80. The summed E-state index contributed by atoms with van der Waals surface area (Å²) in [5.74, 6) is 0.805. The molecule has 2 rings (SSSR count). The van der Waals surface area contributed by atoms with Gasteiger partial charge < -0.3 is 9.47 Å². The molecule has 2 aromatic rings. The molecule has 0 unspecified atom stereocenters. The maximum atomic E-state index is 11.4. The monoisotopic (exact) mass is 261 g/mol. The number of esters is 1. The number of pyridine rings is 1. The van der Waals surface area contributed by atoms with E-state index in [1.54, 1.807) is 29.2 Å². The summed E-state index contributed by atoms with van der Waals surface area (Å²) >= 11 is 0. The van der Waals surface area contributed by atoms with Crippen LogP contribution in [0.2, 0.25) is 0 Å². The van der Waals surface area contributed by atoms with Gasteiger partial charge in [0.25, 0.3) is 0 Å². The molecule has 0 bridgehead atoms. The highest BCUT2D eigenvalue weighted by Gasteiger charge is 2.08. The highest BCUT2D eigenvalue weighted by molar-refractivity contribution is 5.89. The van der Waals surface area contributed by atoms with Crippen LogP contribution in [0, 0.1) is 0 Å². The molecule has 0 atom stereocenters. The third kappa shape index (κ3) is 3.09. The average molecular weight is 261 g/mol. The van der Waals surface area contributed by atoms with E-state index in [4.69, 9.17) is 4.74 Å². The SMILES string of the molecule is CCCOc1cnn(-c2cc(C(=O)OC)ccn2)c1. The Balaban J connectivity index is 2.21. The van der Waals surface area contributed by atoms with Crippen LogP contribution in [0.15, 0.2) is 30.7 Å². The average Bonchev–Trinajstić information content (AvgIpc) is 2.93. The maximum absolute atomic E-state index is 11.4. The van der Waals surface area contributed by atoms with Gasteiger partial charge in [0, 0.05) is 6.20 Å². The summed E-state index contributed by atoms with van der Waals surface area (Å²) in [6, 6.07) is 3.20. The van der Waals surface area contributed by atoms with Crippen molar-refractivity contribution in [1.29, 1.82) is 0 Å². The summed E-state index contributed by atoms with van der Waals surface area (Å²) in [4.78, 5) is 15.6. The molecule has 0 saturated heterocycles. The second-order valence-corrected chi connectivity index (χ2v) is 3.86. The van der Waals surface area contributed by atoms with Gasteiger partial charge in [-0.3, -0.25) is 0 Å². The van der Waals surface area contributed by atoms with Gasteiger partial charge in [-0.1, -0.05) is 6.92 Å². The molecule has 19 heavy (non-hydrogen) atoms. The van der Waals surface area contributed by atoms with E-state index in [1.807, 2.05) is 6.92 Å². The van der Waals surface area contributed by atoms with Gasteiger partial charge in [0.1, 0.15) is 0 Å². The molecule has 0 spiro atoms. The van der Waals surface area contributed by atoms with E-state index < -0.39 is 5.97 Å². The molecule has 100 valence electrons. The number of hydrogen-bond donors (Lipinski definition) is 0. The number of ether oxygens (including phenoxy) is 2. The fourth-order valence-electron chi connectivity index (χ4n) is 1.51. The van der Waals surface area contributed by atoms with Gasteiger partial charge >= 0.3 is 5.97 Å². The standard InChI is InChI=1S/C13H15N3O3/c1-3-6-19-11-8-15-16(9-11)12-7-10(4-5-14-12)13(17)18-2/h4-5,7-9H,3,6H2,1-2H3. The van der Waals surface area contributed by atoms with E-state index in [0.29, 0.717) is 23.7 Å². The number of rotatable bonds is 5. The molecule has 6 heteroatoms. The highest BCUT2D eigenvalue weighted by atomic mass is 16.5. The third-order valence-corrected chi connectivity index (χ3v) is 2.43. The Bertz CT molecular complexity index is 566. The summed E-state index contributed by atoms with van der Waals surface area (Å²) in [5, 5.41) is 4.14. The molecule has 0 radical (unpaired) electrons. The highest BCUT2D eigenvalue weighted by Crippen LogP contribution is 2.13. The first-order valence-corrected chi connectivity index (χ1v) is 5.96. The lowest BCUT2D eigenvalue weighted by atomic mass is 10.2. The van der Waals surface area contributed by atoms with Crippen molar-refractivity contribution in [1.82, 2.24) is 14.8 Å². The summed E-state index contributed by atoms with van der Waals surface area (Å²) < 4.78 is 11.7. The molecule has 2 heterocycles. The molecular weight excluding hydrogens is 246 g/mol. The Hall–Kier alpha value is -2.37. The van der Waals surface area contributed by atoms with Gasteiger partial charge in [-0.25, -0.2) is 14.5 Å². The van der Waals surface area contributed by atoms with E-state index in [1.165, 1.54) is 13.3 Å². The zero-order valence-electron chi connectivity index (χ0n) is 10.9.